The lowest BCUT2D eigenvalue weighted by Gasteiger charge is -2.09. The van der Waals surface area contributed by atoms with E-state index in [1.54, 1.807) is 25.1 Å². The molecule has 0 radical (unpaired) electrons. The summed E-state index contributed by atoms with van der Waals surface area (Å²) >= 11 is 1.64. The van der Waals surface area contributed by atoms with Crippen LogP contribution >= 0.6 is 11.8 Å². The first-order valence-corrected chi connectivity index (χ1v) is 8.11. The first kappa shape index (κ1) is 16.0. The summed E-state index contributed by atoms with van der Waals surface area (Å²) in [6.45, 7) is 0. The summed E-state index contributed by atoms with van der Waals surface area (Å²) in [7, 11) is 1.66. The molecule has 1 N–H and O–H groups in total. The molecule has 0 bridgehead atoms. The highest BCUT2D eigenvalue weighted by Crippen LogP contribution is 2.29. The van der Waals surface area contributed by atoms with Gasteiger partial charge < -0.3 is 10.1 Å². The van der Waals surface area contributed by atoms with Gasteiger partial charge in [-0.15, -0.1) is 11.8 Å². The van der Waals surface area contributed by atoms with E-state index >= 15 is 0 Å². The van der Waals surface area contributed by atoms with Crippen molar-refractivity contribution in [2.75, 3.05) is 18.7 Å². The van der Waals surface area contributed by atoms with E-state index in [0.29, 0.717) is 12.0 Å². The number of para-hydroxylation sites is 1. The number of nitrogens with one attached hydrogen (secondary N) is 1. The van der Waals surface area contributed by atoms with Gasteiger partial charge in [-0.3, -0.25) is 0 Å². The summed E-state index contributed by atoms with van der Waals surface area (Å²) in [6, 6.07) is 18.1. The number of thioether (sulfide) groups is 1. The monoisotopic (exact) mass is 310 g/mol. The SMILES string of the molecule is COc1cc(CC(C#N)=CNc2ccccc2)ccc1SC. The number of ether oxygens (including phenoxy) is 1. The Bertz CT molecular complexity index is 690. The Morgan fingerprint density at radius 1 is 1.27 bits per heavy atom. The van der Waals surface area contributed by atoms with Gasteiger partial charge in [-0.05, 0) is 36.1 Å². The summed E-state index contributed by atoms with van der Waals surface area (Å²) in [5.41, 5.74) is 2.69. The summed E-state index contributed by atoms with van der Waals surface area (Å²) in [5.74, 6) is 0.846. The molecule has 0 atom stereocenters. The first-order valence-electron chi connectivity index (χ1n) is 6.88. The van der Waals surface area contributed by atoms with Gasteiger partial charge in [-0.25, -0.2) is 0 Å². The summed E-state index contributed by atoms with van der Waals surface area (Å²) in [6.07, 6.45) is 4.34. The molecule has 0 saturated heterocycles. The average molecular weight is 310 g/mol. The molecular weight excluding hydrogens is 292 g/mol. The number of rotatable bonds is 6. The van der Waals surface area contributed by atoms with Crippen molar-refractivity contribution in [1.82, 2.24) is 0 Å². The predicted molar refractivity (Wildman–Crippen MR) is 92.2 cm³/mol. The Morgan fingerprint density at radius 2 is 2.05 bits per heavy atom. The van der Waals surface area contributed by atoms with Crippen LogP contribution in [-0.4, -0.2) is 13.4 Å². The molecule has 0 aliphatic rings. The van der Waals surface area contributed by atoms with E-state index in [1.807, 2.05) is 54.8 Å². The lowest BCUT2D eigenvalue weighted by Crippen LogP contribution is -1.95. The Kier molecular flexibility index (Phi) is 5.93. The van der Waals surface area contributed by atoms with Crippen molar-refractivity contribution in [1.29, 1.82) is 5.26 Å². The average Bonchev–Trinajstić information content (AvgIpc) is 2.59. The van der Waals surface area contributed by atoms with Gasteiger partial charge in [0.1, 0.15) is 5.75 Å². The van der Waals surface area contributed by atoms with Crippen LogP contribution in [0.1, 0.15) is 5.56 Å². The van der Waals surface area contributed by atoms with Crippen molar-refractivity contribution in [2.24, 2.45) is 0 Å². The van der Waals surface area contributed by atoms with Gasteiger partial charge in [0.2, 0.25) is 0 Å². The summed E-state index contributed by atoms with van der Waals surface area (Å²) < 4.78 is 5.38. The Balaban J connectivity index is 2.12. The van der Waals surface area contributed by atoms with E-state index in [0.717, 1.165) is 21.9 Å². The second-order valence-electron chi connectivity index (χ2n) is 4.66. The van der Waals surface area contributed by atoms with Gasteiger partial charge in [0.05, 0.1) is 13.2 Å². The number of methoxy groups -OCH3 is 1. The molecule has 0 aliphatic carbocycles. The van der Waals surface area contributed by atoms with Gasteiger partial charge in [0.15, 0.2) is 0 Å². The first-order chi connectivity index (χ1) is 10.8. The summed E-state index contributed by atoms with van der Waals surface area (Å²) in [4.78, 5) is 1.09. The van der Waals surface area contributed by atoms with Gasteiger partial charge in [-0.1, -0.05) is 24.3 Å². The molecule has 2 aromatic carbocycles. The van der Waals surface area contributed by atoms with E-state index in [-0.39, 0.29) is 0 Å². The molecule has 22 heavy (non-hydrogen) atoms. The standard InChI is InChI=1S/C18H18N2OS/c1-21-17-11-14(8-9-18(17)22-2)10-15(12-19)13-20-16-6-4-3-5-7-16/h3-9,11,13,20H,10H2,1-2H3. The van der Waals surface area contributed by atoms with Crippen molar-refractivity contribution in [3.05, 3.63) is 65.9 Å². The van der Waals surface area contributed by atoms with Gasteiger partial charge >= 0.3 is 0 Å². The van der Waals surface area contributed by atoms with Gasteiger partial charge in [0.25, 0.3) is 0 Å². The molecule has 2 rings (SSSR count). The Hall–Kier alpha value is -2.38. The van der Waals surface area contributed by atoms with Crippen LogP contribution in [0.25, 0.3) is 0 Å². The maximum Gasteiger partial charge on any atom is 0.132 e. The molecule has 0 unspecified atom stereocenters. The van der Waals surface area contributed by atoms with Crippen molar-refractivity contribution >= 4 is 17.4 Å². The van der Waals surface area contributed by atoms with Crippen LogP contribution in [0, 0.1) is 11.3 Å². The van der Waals surface area contributed by atoms with Crippen LogP contribution in [0.5, 0.6) is 5.75 Å². The lowest BCUT2D eigenvalue weighted by molar-refractivity contribution is 0.404. The normalized spacial score (nSPS) is 10.9. The van der Waals surface area contributed by atoms with Crippen LogP contribution in [0.15, 0.2) is 65.2 Å². The number of hydrogen-bond acceptors (Lipinski definition) is 4. The second-order valence-corrected chi connectivity index (χ2v) is 5.51. The van der Waals surface area contributed by atoms with Gasteiger partial charge in [-0.2, -0.15) is 5.26 Å². The fraction of sp³-hybridized carbons (Fsp3) is 0.167. The minimum Gasteiger partial charge on any atom is -0.496 e. The molecule has 0 aromatic heterocycles. The van der Waals surface area contributed by atoms with E-state index in [4.69, 9.17) is 4.74 Å². The van der Waals surface area contributed by atoms with E-state index in [2.05, 4.69) is 11.4 Å². The topological polar surface area (TPSA) is 45.0 Å². The third-order valence-corrected chi connectivity index (χ3v) is 3.95. The van der Waals surface area contributed by atoms with E-state index < -0.39 is 0 Å². The molecule has 0 saturated carbocycles. The van der Waals surface area contributed by atoms with Crippen LogP contribution in [0.2, 0.25) is 0 Å². The lowest BCUT2D eigenvalue weighted by atomic mass is 10.1. The van der Waals surface area contributed by atoms with Crippen LogP contribution in [-0.2, 0) is 6.42 Å². The fourth-order valence-electron chi connectivity index (χ4n) is 2.04. The predicted octanol–water partition coefficient (Wildman–Crippen LogP) is 4.48. The highest BCUT2D eigenvalue weighted by Gasteiger charge is 2.05. The van der Waals surface area contributed by atoms with Crippen molar-refractivity contribution in [3.63, 3.8) is 0 Å². The quantitative estimate of drug-likeness (QED) is 0.631. The molecule has 0 fully saturated rings. The van der Waals surface area contributed by atoms with E-state index in [1.165, 1.54) is 0 Å². The number of nitriles is 1. The zero-order valence-electron chi connectivity index (χ0n) is 12.7. The maximum atomic E-state index is 9.30. The molecule has 0 spiro atoms. The molecule has 112 valence electrons. The zero-order valence-corrected chi connectivity index (χ0v) is 13.5. The van der Waals surface area contributed by atoms with Crippen molar-refractivity contribution < 1.29 is 4.74 Å². The van der Waals surface area contributed by atoms with Crippen LogP contribution in [0.3, 0.4) is 0 Å². The highest BCUT2D eigenvalue weighted by atomic mass is 32.2. The van der Waals surface area contributed by atoms with Gasteiger partial charge in [0, 0.05) is 28.8 Å². The molecule has 0 aliphatic heterocycles. The number of benzene rings is 2. The van der Waals surface area contributed by atoms with Crippen molar-refractivity contribution in [2.45, 2.75) is 11.3 Å². The number of anilines is 1. The Morgan fingerprint density at radius 3 is 2.68 bits per heavy atom. The zero-order chi connectivity index (χ0) is 15.8. The Labute approximate surface area is 135 Å². The maximum absolute atomic E-state index is 9.30. The van der Waals surface area contributed by atoms with Crippen molar-refractivity contribution in [3.8, 4) is 11.8 Å². The number of allylic oxidation sites excluding steroid dienone is 1. The van der Waals surface area contributed by atoms with Crippen LogP contribution < -0.4 is 10.1 Å². The highest BCUT2D eigenvalue weighted by molar-refractivity contribution is 7.98. The summed E-state index contributed by atoms with van der Waals surface area (Å²) in [5, 5.41) is 12.4. The molecule has 2 aromatic rings. The van der Waals surface area contributed by atoms with Crippen LogP contribution in [0.4, 0.5) is 5.69 Å². The molecule has 3 nitrogen and oxygen atoms in total. The smallest absolute Gasteiger partial charge is 0.132 e. The minimum atomic E-state index is 0.571. The number of hydrogen-bond donors (Lipinski definition) is 1. The number of nitrogens with zero attached hydrogens (tertiary/aromatic N) is 1. The largest absolute Gasteiger partial charge is 0.496 e. The molecule has 4 heteroatoms. The third kappa shape index (κ3) is 4.31. The molecular formula is C18H18N2OS. The molecule has 0 heterocycles. The van der Waals surface area contributed by atoms with E-state index in [9.17, 15) is 5.26 Å². The molecule has 0 amide bonds. The third-order valence-electron chi connectivity index (χ3n) is 3.17. The fourth-order valence-corrected chi connectivity index (χ4v) is 2.59. The second kappa shape index (κ2) is 8.16. The minimum absolute atomic E-state index is 0.571.